The van der Waals surface area contributed by atoms with Crippen LogP contribution in [0.15, 0.2) is 36.4 Å². The number of carbonyl (C=O) groups is 1. The average Bonchev–Trinajstić information content (AvgIpc) is 3.20. The lowest BCUT2D eigenvalue weighted by Gasteiger charge is -2.09. The van der Waals surface area contributed by atoms with Crippen molar-refractivity contribution in [3.63, 3.8) is 0 Å². The number of fused-ring (bicyclic) bond motifs is 1. The van der Waals surface area contributed by atoms with Crippen LogP contribution in [-0.2, 0) is 11.2 Å². The van der Waals surface area contributed by atoms with Crippen molar-refractivity contribution in [3.05, 3.63) is 69.9 Å². The highest BCUT2D eigenvalue weighted by Gasteiger charge is 2.16. The molecule has 0 saturated heterocycles. The van der Waals surface area contributed by atoms with Gasteiger partial charge in [0.2, 0.25) is 11.0 Å². The summed E-state index contributed by atoms with van der Waals surface area (Å²) in [6.45, 7) is 10.2. The van der Waals surface area contributed by atoms with Crippen LogP contribution in [0.1, 0.15) is 33.5 Å². The molecule has 0 radical (unpaired) electrons. The highest BCUT2D eigenvalue weighted by molar-refractivity contribution is 7.20. The lowest BCUT2D eigenvalue weighted by atomic mass is 10.0. The van der Waals surface area contributed by atoms with E-state index in [4.69, 9.17) is 4.98 Å². The Morgan fingerprint density at radius 1 is 1.00 bits per heavy atom. The van der Waals surface area contributed by atoms with Gasteiger partial charge in [0.15, 0.2) is 0 Å². The summed E-state index contributed by atoms with van der Waals surface area (Å²) in [5.41, 5.74) is 7.59. The van der Waals surface area contributed by atoms with Crippen LogP contribution in [-0.4, -0.2) is 20.7 Å². The van der Waals surface area contributed by atoms with E-state index in [-0.39, 0.29) is 5.91 Å². The van der Waals surface area contributed by atoms with E-state index >= 15 is 0 Å². The van der Waals surface area contributed by atoms with Crippen molar-refractivity contribution in [2.45, 2.75) is 41.0 Å². The zero-order valence-corrected chi connectivity index (χ0v) is 18.1. The van der Waals surface area contributed by atoms with Gasteiger partial charge in [-0.3, -0.25) is 4.79 Å². The van der Waals surface area contributed by atoms with E-state index in [0.717, 1.165) is 32.2 Å². The number of hydrogen-bond donors (Lipinski definition) is 1. The molecule has 0 unspecified atom stereocenters. The quantitative estimate of drug-likeness (QED) is 0.508. The molecular formula is C23H24N4OS. The standard InChI is InChI=1S/C23H24N4OS/c1-13-6-7-18(16(4)8-13)12-22(28)25-21-11-17(5)26-27(21)23-24-19-9-14(2)15(3)10-20(19)29-23/h6-11H,12H2,1-5H3,(H,25,28). The molecular weight excluding hydrogens is 380 g/mol. The van der Waals surface area contributed by atoms with Gasteiger partial charge < -0.3 is 5.32 Å². The van der Waals surface area contributed by atoms with Gasteiger partial charge in [-0.1, -0.05) is 35.1 Å². The Bertz CT molecular complexity index is 1200. The van der Waals surface area contributed by atoms with Crippen molar-refractivity contribution in [2.24, 2.45) is 0 Å². The van der Waals surface area contributed by atoms with Crippen molar-refractivity contribution in [2.75, 3.05) is 5.32 Å². The number of thiazole rings is 1. The van der Waals surface area contributed by atoms with Crippen molar-refractivity contribution in [1.29, 1.82) is 0 Å². The number of nitrogens with one attached hydrogen (secondary N) is 1. The molecule has 0 aliphatic heterocycles. The van der Waals surface area contributed by atoms with E-state index in [1.165, 1.54) is 16.7 Å². The van der Waals surface area contributed by atoms with Gasteiger partial charge in [0.1, 0.15) is 5.82 Å². The largest absolute Gasteiger partial charge is 0.310 e. The molecule has 0 aliphatic carbocycles. The van der Waals surface area contributed by atoms with Crippen LogP contribution in [0, 0.1) is 34.6 Å². The molecule has 2 heterocycles. The van der Waals surface area contributed by atoms with Gasteiger partial charge in [0.05, 0.1) is 22.3 Å². The second kappa shape index (κ2) is 7.44. The predicted molar refractivity (Wildman–Crippen MR) is 119 cm³/mol. The van der Waals surface area contributed by atoms with Gasteiger partial charge >= 0.3 is 0 Å². The lowest BCUT2D eigenvalue weighted by molar-refractivity contribution is -0.115. The second-order valence-corrected chi connectivity index (χ2v) is 8.65. The van der Waals surface area contributed by atoms with Gasteiger partial charge in [-0.25, -0.2) is 4.98 Å². The SMILES string of the molecule is Cc1ccc(CC(=O)Nc2cc(C)nn2-c2nc3cc(C)c(C)cc3s2)c(C)c1. The summed E-state index contributed by atoms with van der Waals surface area (Å²) in [4.78, 5) is 17.4. The Hall–Kier alpha value is -2.99. The highest BCUT2D eigenvalue weighted by atomic mass is 32.1. The lowest BCUT2D eigenvalue weighted by Crippen LogP contribution is -2.17. The van der Waals surface area contributed by atoms with E-state index in [9.17, 15) is 4.79 Å². The molecule has 0 aliphatic rings. The summed E-state index contributed by atoms with van der Waals surface area (Å²) < 4.78 is 2.84. The zero-order valence-electron chi connectivity index (χ0n) is 17.3. The number of benzene rings is 2. The summed E-state index contributed by atoms with van der Waals surface area (Å²) in [5, 5.41) is 8.33. The number of hydrogen-bond acceptors (Lipinski definition) is 4. The van der Waals surface area contributed by atoms with E-state index in [0.29, 0.717) is 12.2 Å². The number of amides is 1. The predicted octanol–water partition coefficient (Wildman–Crippen LogP) is 5.21. The minimum absolute atomic E-state index is 0.0640. The van der Waals surface area contributed by atoms with E-state index in [1.807, 2.05) is 32.0 Å². The first-order chi connectivity index (χ1) is 13.8. The van der Waals surface area contributed by atoms with Gasteiger partial charge in [-0.05, 0) is 69.0 Å². The Kier molecular flexibility index (Phi) is 4.96. The summed E-state index contributed by atoms with van der Waals surface area (Å²) in [6.07, 6.45) is 0.328. The third kappa shape index (κ3) is 3.93. The van der Waals surface area contributed by atoms with Crippen molar-refractivity contribution in [1.82, 2.24) is 14.8 Å². The fourth-order valence-electron chi connectivity index (χ4n) is 3.40. The molecule has 0 bridgehead atoms. The average molecular weight is 405 g/mol. The highest BCUT2D eigenvalue weighted by Crippen LogP contribution is 2.29. The van der Waals surface area contributed by atoms with Crippen molar-refractivity contribution in [3.8, 4) is 5.13 Å². The van der Waals surface area contributed by atoms with Crippen LogP contribution in [0.3, 0.4) is 0 Å². The molecule has 0 saturated carbocycles. The summed E-state index contributed by atoms with van der Waals surface area (Å²) in [6, 6.07) is 12.3. The Labute approximate surface area is 174 Å². The summed E-state index contributed by atoms with van der Waals surface area (Å²) >= 11 is 1.57. The molecule has 1 amide bonds. The molecule has 148 valence electrons. The zero-order chi connectivity index (χ0) is 20.7. The van der Waals surface area contributed by atoms with Crippen LogP contribution < -0.4 is 5.32 Å². The molecule has 2 aromatic carbocycles. The van der Waals surface area contributed by atoms with Crippen molar-refractivity contribution < 1.29 is 4.79 Å². The molecule has 2 aromatic heterocycles. The van der Waals surface area contributed by atoms with E-state index in [1.54, 1.807) is 16.0 Å². The van der Waals surface area contributed by atoms with Crippen LogP contribution in [0.25, 0.3) is 15.3 Å². The maximum Gasteiger partial charge on any atom is 0.229 e. The smallest absolute Gasteiger partial charge is 0.229 e. The third-order valence-corrected chi connectivity index (χ3v) is 6.12. The number of carbonyl (C=O) groups excluding carboxylic acids is 1. The normalized spacial score (nSPS) is 11.2. The van der Waals surface area contributed by atoms with Gasteiger partial charge in [-0.15, -0.1) is 0 Å². The second-order valence-electron chi connectivity index (χ2n) is 7.64. The fraction of sp³-hybridized carbons (Fsp3) is 0.261. The topological polar surface area (TPSA) is 59.8 Å². The summed E-state index contributed by atoms with van der Waals surface area (Å²) in [7, 11) is 0. The molecule has 6 heteroatoms. The van der Waals surface area contributed by atoms with Crippen LogP contribution in [0.5, 0.6) is 0 Å². The molecule has 0 atom stereocenters. The maximum atomic E-state index is 12.7. The van der Waals surface area contributed by atoms with Crippen LogP contribution in [0.4, 0.5) is 5.82 Å². The first-order valence-electron chi connectivity index (χ1n) is 9.61. The molecule has 4 rings (SSSR count). The number of aryl methyl sites for hydroxylation is 5. The minimum Gasteiger partial charge on any atom is -0.310 e. The van der Waals surface area contributed by atoms with E-state index in [2.05, 4.69) is 49.4 Å². The summed E-state index contributed by atoms with van der Waals surface area (Å²) in [5.74, 6) is 0.579. The van der Waals surface area contributed by atoms with Crippen LogP contribution >= 0.6 is 11.3 Å². The number of anilines is 1. The fourth-order valence-corrected chi connectivity index (χ4v) is 4.41. The molecule has 29 heavy (non-hydrogen) atoms. The number of aromatic nitrogens is 3. The number of nitrogens with zero attached hydrogens (tertiary/aromatic N) is 3. The molecule has 0 spiro atoms. The third-order valence-electron chi connectivity index (χ3n) is 5.12. The first-order valence-corrected chi connectivity index (χ1v) is 10.4. The van der Waals surface area contributed by atoms with Crippen LogP contribution in [0.2, 0.25) is 0 Å². The van der Waals surface area contributed by atoms with Crippen molar-refractivity contribution >= 4 is 33.3 Å². The van der Waals surface area contributed by atoms with Gasteiger partial charge in [0.25, 0.3) is 0 Å². The monoisotopic (exact) mass is 404 g/mol. The molecule has 4 aromatic rings. The van der Waals surface area contributed by atoms with E-state index < -0.39 is 0 Å². The molecule has 0 fully saturated rings. The van der Waals surface area contributed by atoms with Gasteiger partial charge in [0, 0.05) is 6.07 Å². The molecule has 5 nitrogen and oxygen atoms in total. The maximum absolute atomic E-state index is 12.7. The minimum atomic E-state index is -0.0640. The Balaban J connectivity index is 1.62. The van der Waals surface area contributed by atoms with Gasteiger partial charge in [-0.2, -0.15) is 9.78 Å². The Morgan fingerprint density at radius 3 is 2.52 bits per heavy atom. The molecule has 1 N–H and O–H groups in total. The Morgan fingerprint density at radius 2 is 1.76 bits per heavy atom. The number of rotatable bonds is 4. The first kappa shape index (κ1) is 19.3.